The lowest BCUT2D eigenvalue weighted by Crippen LogP contribution is -2.19. The van der Waals surface area contributed by atoms with E-state index in [2.05, 4.69) is 10.2 Å². The highest BCUT2D eigenvalue weighted by atomic mass is 32.2. The van der Waals surface area contributed by atoms with Crippen LogP contribution in [0.15, 0.2) is 33.0 Å². The van der Waals surface area contributed by atoms with Gasteiger partial charge in [0.2, 0.25) is 0 Å². The second-order valence-corrected chi connectivity index (χ2v) is 5.36. The van der Waals surface area contributed by atoms with E-state index in [-0.39, 0.29) is 11.7 Å². The van der Waals surface area contributed by atoms with E-state index >= 15 is 0 Å². The minimum absolute atomic E-state index is 0.0386. The van der Waals surface area contributed by atoms with Crippen molar-refractivity contribution in [1.82, 2.24) is 14.8 Å². The van der Waals surface area contributed by atoms with E-state index in [9.17, 15) is 4.79 Å². The maximum atomic E-state index is 11.6. The van der Waals surface area contributed by atoms with E-state index in [1.807, 2.05) is 26.0 Å². The van der Waals surface area contributed by atoms with Gasteiger partial charge >= 0.3 is 5.69 Å². The number of aromatic nitrogens is 3. The predicted molar refractivity (Wildman–Crippen MR) is 74.8 cm³/mol. The van der Waals surface area contributed by atoms with Crippen LogP contribution in [0.2, 0.25) is 0 Å². The Morgan fingerprint density at radius 3 is 2.79 bits per heavy atom. The number of ether oxygens (including phenoxy) is 1. The predicted octanol–water partition coefficient (Wildman–Crippen LogP) is 1.89. The lowest BCUT2D eigenvalue weighted by atomic mass is 10.3. The smallest absolute Gasteiger partial charge is 0.344 e. The number of H-pyrrole nitrogens is 1. The third kappa shape index (κ3) is 2.93. The molecule has 0 unspecified atom stereocenters. The summed E-state index contributed by atoms with van der Waals surface area (Å²) in [4.78, 5) is 12.5. The van der Waals surface area contributed by atoms with Crippen molar-refractivity contribution >= 4 is 17.4 Å². The van der Waals surface area contributed by atoms with Crippen molar-refractivity contribution in [2.45, 2.75) is 29.9 Å². The molecule has 0 saturated heterocycles. The fraction of sp³-hybridized carbons (Fsp3) is 0.333. The third-order valence-corrected chi connectivity index (χ3v) is 3.48. The molecule has 102 valence electrons. The number of nitrogens with zero attached hydrogens (tertiary/aromatic N) is 2. The van der Waals surface area contributed by atoms with Gasteiger partial charge in [-0.3, -0.25) is 4.57 Å². The monoisotopic (exact) mass is 280 g/mol. The van der Waals surface area contributed by atoms with Gasteiger partial charge in [-0.2, -0.15) is 0 Å². The number of benzene rings is 1. The molecule has 0 amide bonds. The number of hydrogen-bond acceptors (Lipinski definition) is 5. The zero-order valence-corrected chi connectivity index (χ0v) is 11.8. The van der Waals surface area contributed by atoms with Crippen LogP contribution in [0.3, 0.4) is 0 Å². The second kappa shape index (κ2) is 5.40. The molecule has 19 heavy (non-hydrogen) atoms. The standard InChI is InChI=1S/C12H16N4O2S/c1-7(2)16-11(17)14-15-12(16)19-10-5-8(13)4-9(6-10)18-3/h4-7H,13H2,1-3H3,(H,14,17). The molecule has 0 fully saturated rings. The van der Waals surface area contributed by atoms with Gasteiger partial charge < -0.3 is 10.5 Å². The van der Waals surface area contributed by atoms with Gasteiger partial charge in [0.05, 0.1) is 7.11 Å². The minimum atomic E-state index is -0.214. The van der Waals surface area contributed by atoms with E-state index in [4.69, 9.17) is 10.5 Å². The molecule has 0 radical (unpaired) electrons. The van der Waals surface area contributed by atoms with E-state index in [1.54, 1.807) is 17.7 Å². The Bertz CT molecular complexity index is 633. The summed E-state index contributed by atoms with van der Waals surface area (Å²) in [5.74, 6) is 0.677. The second-order valence-electron chi connectivity index (χ2n) is 4.32. The molecular weight excluding hydrogens is 264 g/mol. The first-order valence-electron chi connectivity index (χ1n) is 5.80. The summed E-state index contributed by atoms with van der Waals surface area (Å²) in [6.45, 7) is 3.86. The Morgan fingerprint density at radius 1 is 1.42 bits per heavy atom. The van der Waals surface area contributed by atoms with Gasteiger partial charge in [0.15, 0.2) is 5.16 Å². The fourth-order valence-corrected chi connectivity index (χ4v) is 2.76. The number of methoxy groups -OCH3 is 1. The topological polar surface area (TPSA) is 85.9 Å². The summed E-state index contributed by atoms with van der Waals surface area (Å²) in [6.07, 6.45) is 0. The highest BCUT2D eigenvalue weighted by molar-refractivity contribution is 7.99. The first-order valence-corrected chi connectivity index (χ1v) is 6.62. The Labute approximate surface area is 115 Å². The summed E-state index contributed by atoms with van der Waals surface area (Å²) in [5.41, 5.74) is 6.19. The maximum absolute atomic E-state index is 11.6. The number of hydrogen-bond donors (Lipinski definition) is 2. The molecule has 1 aromatic heterocycles. The van der Waals surface area contributed by atoms with Crippen LogP contribution < -0.4 is 16.2 Å². The van der Waals surface area contributed by atoms with Gasteiger partial charge in [0, 0.05) is 22.7 Å². The van der Waals surface area contributed by atoms with Crippen molar-refractivity contribution in [1.29, 1.82) is 0 Å². The van der Waals surface area contributed by atoms with E-state index in [1.165, 1.54) is 11.8 Å². The Balaban J connectivity index is 2.36. The van der Waals surface area contributed by atoms with E-state index < -0.39 is 0 Å². The number of nitrogens with two attached hydrogens (primary N) is 1. The number of aromatic amines is 1. The van der Waals surface area contributed by atoms with Crippen molar-refractivity contribution in [3.8, 4) is 5.75 Å². The van der Waals surface area contributed by atoms with Gasteiger partial charge in [-0.15, -0.1) is 5.10 Å². The van der Waals surface area contributed by atoms with Crippen molar-refractivity contribution in [2.24, 2.45) is 0 Å². The SMILES string of the molecule is COc1cc(N)cc(Sc2n[nH]c(=O)n2C(C)C)c1. The Kier molecular flexibility index (Phi) is 3.84. The van der Waals surface area contributed by atoms with Crippen molar-refractivity contribution < 1.29 is 4.74 Å². The zero-order chi connectivity index (χ0) is 14.0. The van der Waals surface area contributed by atoms with Gasteiger partial charge in [-0.05, 0) is 37.7 Å². The molecule has 1 heterocycles. The summed E-state index contributed by atoms with van der Waals surface area (Å²) in [6, 6.07) is 5.45. The molecule has 0 saturated carbocycles. The average Bonchev–Trinajstić information content (AvgIpc) is 2.69. The molecule has 2 aromatic rings. The van der Waals surface area contributed by atoms with Crippen LogP contribution >= 0.6 is 11.8 Å². The van der Waals surface area contributed by atoms with E-state index in [0.717, 1.165) is 4.90 Å². The highest BCUT2D eigenvalue weighted by Gasteiger charge is 2.13. The van der Waals surface area contributed by atoms with Crippen molar-refractivity contribution in [3.63, 3.8) is 0 Å². The molecule has 0 atom stereocenters. The molecule has 2 rings (SSSR count). The molecule has 0 aliphatic rings. The molecule has 0 spiro atoms. The van der Waals surface area contributed by atoms with Crippen LogP contribution in [0.5, 0.6) is 5.75 Å². The summed E-state index contributed by atoms with van der Waals surface area (Å²) >= 11 is 1.37. The quantitative estimate of drug-likeness (QED) is 0.835. The fourth-order valence-electron chi connectivity index (χ4n) is 1.69. The van der Waals surface area contributed by atoms with Crippen molar-refractivity contribution in [3.05, 3.63) is 28.7 Å². The number of nitrogens with one attached hydrogen (secondary N) is 1. The molecule has 6 nitrogen and oxygen atoms in total. The highest BCUT2D eigenvalue weighted by Crippen LogP contribution is 2.31. The number of rotatable bonds is 4. The maximum Gasteiger partial charge on any atom is 0.344 e. The van der Waals surface area contributed by atoms with Crippen LogP contribution in [0.25, 0.3) is 0 Å². The number of nitrogen functional groups attached to an aromatic ring is 1. The van der Waals surface area contributed by atoms with Gasteiger partial charge in [-0.25, -0.2) is 9.89 Å². The first kappa shape index (κ1) is 13.5. The van der Waals surface area contributed by atoms with Crippen LogP contribution in [0, 0.1) is 0 Å². The normalized spacial score (nSPS) is 10.9. The molecule has 3 N–H and O–H groups in total. The lowest BCUT2D eigenvalue weighted by molar-refractivity contribution is 0.414. The van der Waals surface area contributed by atoms with Crippen LogP contribution in [0.4, 0.5) is 5.69 Å². The van der Waals surface area contributed by atoms with Crippen LogP contribution in [-0.2, 0) is 0 Å². The van der Waals surface area contributed by atoms with Gasteiger partial charge in [0.1, 0.15) is 5.75 Å². The molecule has 0 aliphatic carbocycles. The molecule has 1 aromatic carbocycles. The minimum Gasteiger partial charge on any atom is -0.497 e. The van der Waals surface area contributed by atoms with Gasteiger partial charge in [-0.1, -0.05) is 0 Å². The first-order chi connectivity index (χ1) is 9.01. The zero-order valence-electron chi connectivity index (χ0n) is 11.0. The van der Waals surface area contributed by atoms with Crippen LogP contribution in [-0.4, -0.2) is 21.9 Å². The molecule has 7 heteroatoms. The van der Waals surface area contributed by atoms with E-state index in [0.29, 0.717) is 16.6 Å². The van der Waals surface area contributed by atoms with Crippen LogP contribution in [0.1, 0.15) is 19.9 Å². The molecular formula is C12H16N4O2S. The Morgan fingerprint density at radius 2 is 2.16 bits per heavy atom. The average molecular weight is 280 g/mol. The third-order valence-electron chi connectivity index (χ3n) is 2.54. The summed E-state index contributed by atoms with van der Waals surface area (Å²) in [7, 11) is 1.59. The summed E-state index contributed by atoms with van der Waals surface area (Å²) in [5, 5.41) is 7.08. The number of anilines is 1. The largest absolute Gasteiger partial charge is 0.497 e. The van der Waals surface area contributed by atoms with Crippen molar-refractivity contribution in [2.75, 3.05) is 12.8 Å². The Hall–Kier alpha value is -1.89. The summed E-state index contributed by atoms with van der Waals surface area (Å²) < 4.78 is 6.76. The van der Waals surface area contributed by atoms with Gasteiger partial charge in [0.25, 0.3) is 0 Å². The lowest BCUT2D eigenvalue weighted by Gasteiger charge is -2.09. The molecule has 0 bridgehead atoms. The molecule has 0 aliphatic heterocycles.